The summed E-state index contributed by atoms with van der Waals surface area (Å²) in [5.41, 5.74) is -0.830. The van der Waals surface area contributed by atoms with E-state index in [2.05, 4.69) is 9.84 Å². The van der Waals surface area contributed by atoms with E-state index < -0.39 is 19.5 Å². The summed E-state index contributed by atoms with van der Waals surface area (Å²) in [6.07, 6.45) is -0.660. The van der Waals surface area contributed by atoms with E-state index in [1.54, 1.807) is 27.7 Å². The Kier molecular flexibility index (Phi) is 9.28. The SMILES string of the molecule is CCC(=O)NCCOCC(O)COP(=O)(O)OC(C)(C)C. The van der Waals surface area contributed by atoms with Gasteiger partial charge < -0.3 is 20.1 Å². The highest BCUT2D eigenvalue weighted by atomic mass is 31.2. The van der Waals surface area contributed by atoms with Crippen molar-refractivity contribution in [3.8, 4) is 0 Å². The number of nitrogens with one attached hydrogen (secondary N) is 1. The van der Waals surface area contributed by atoms with Crippen molar-refractivity contribution in [2.75, 3.05) is 26.4 Å². The number of hydrogen-bond acceptors (Lipinski definition) is 6. The van der Waals surface area contributed by atoms with E-state index >= 15 is 0 Å². The Morgan fingerprint density at radius 3 is 2.48 bits per heavy atom. The highest BCUT2D eigenvalue weighted by Gasteiger charge is 2.29. The van der Waals surface area contributed by atoms with Crippen LogP contribution in [0.2, 0.25) is 0 Å². The first-order valence-electron chi connectivity index (χ1n) is 6.76. The molecule has 2 atom stereocenters. The van der Waals surface area contributed by atoms with Crippen molar-refractivity contribution in [3.63, 3.8) is 0 Å². The van der Waals surface area contributed by atoms with Crippen molar-refractivity contribution < 1.29 is 33.1 Å². The van der Waals surface area contributed by atoms with Crippen LogP contribution in [0.15, 0.2) is 0 Å². The zero-order valence-corrected chi connectivity index (χ0v) is 13.9. The molecule has 1 amide bonds. The van der Waals surface area contributed by atoms with E-state index in [0.29, 0.717) is 13.0 Å². The van der Waals surface area contributed by atoms with E-state index in [-0.39, 0.29) is 25.7 Å². The van der Waals surface area contributed by atoms with Crippen LogP contribution < -0.4 is 5.32 Å². The van der Waals surface area contributed by atoms with Crippen LogP contribution in [0.3, 0.4) is 0 Å². The van der Waals surface area contributed by atoms with Crippen LogP contribution in [0, 0.1) is 0 Å². The highest BCUT2D eigenvalue weighted by Crippen LogP contribution is 2.47. The fourth-order valence-corrected chi connectivity index (χ4v) is 2.31. The number of amides is 1. The third kappa shape index (κ3) is 12.9. The van der Waals surface area contributed by atoms with Gasteiger partial charge in [0.1, 0.15) is 6.10 Å². The predicted octanol–water partition coefficient (Wildman–Crippen LogP) is 0.822. The average Bonchev–Trinajstić information content (AvgIpc) is 2.33. The molecule has 0 bridgehead atoms. The van der Waals surface area contributed by atoms with Gasteiger partial charge in [0.05, 0.1) is 25.4 Å². The van der Waals surface area contributed by atoms with Crippen LogP contribution in [0.5, 0.6) is 0 Å². The second kappa shape index (κ2) is 9.50. The first kappa shape index (κ1) is 20.5. The Labute approximate surface area is 125 Å². The average molecular weight is 327 g/mol. The van der Waals surface area contributed by atoms with Gasteiger partial charge in [0.25, 0.3) is 0 Å². The number of carbonyl (C=O) groups excluding carboxylic acids is 1. The van der Waals surface area contributed by atoms with Crippen molar-refractivity contribution in [1.82, 2.24) is 5.32 Å². The second-order valence-corrected chi connectivity index (χ2v) is 6.78. The Bertz CT molecular complexity index is 356. The van der Waals surface area contributed by atoms with E-state index in [1.807, 2.05) is 0 Å². The van der Waals surface area contributed by atoms with Crippen molar-refractivity contribution in [2.45, 2.75) is 45.8 Å². The molecule has 0 aromatic carbocycles. The number of aliphatic hydroxyl groups excluding tert-OH is 1. The third-order valence-electron chi connectivity index (χ3n) is 2.02. The van der Waals surface area contributed by atoms with E-state index in [1.165, 1.54) is 0 Å². The van der Waals surface area contributed by atoms with Crippen LogP contribution in [-0.2, 0) is 23.1 Å². The largest absolute Gasteiger partial charge is 0.472 e. The number of phosphoric acid groups is 1. The third-order valence-corrected chi connectivity index (χ3v) is 3.27. The Hall–Kier alpha value is -0.500. The molecule has 0 spiro atoms. The molecule has 0 aromatic heterocycles. The number of ether oxygens (including phenoxy) is 1. The second-order valence-electron chi connectivity index (χ2n) is 5.40. The van der Waals surface area contributed by atoms with Crippen LogP contribution in [0.25, 0.3) is 0 Å². The van der Waals surface area contributed by atoms with Crippen molar-refractivity contribution in [3.05, 3.63) is 0 Å². The molecule has 3 N–H and O–H groups in total. The fourth-order valence-electron chi connectivity index (χ4n) is 1.21. The predicted molar refractivity (Wildman–Crippen MR) is 76.7 cm³/mol. The number of phosphoric ester groups is 1. The lowest BCUT2D eigenvalue weighted by Gasteiger charge is -2.23. The van der Waals surface area contributed by atoms with Gasteiger partial charge in [-0.2, -0.15) is 0 Å². The minimum atomic E-state index is -4.20. The highest BCUT2D eigenvalue weighted by molar-refractivity contribution is 7.47. The van der Waals surface area contributed by atoms with E-state index in [4.69, 9.17) is 9.26 Å². The summed E-state index contributed by atoms with van der Waals surface area (Å²) in [5, 5.41) is 12.1. The molecule has 21 heavy (non-hydrogen) atoms. The van der Waals surface area contributed by atoms with Crippen LogP contribution >= 0.6 is 7.82 Å². The summed E-state index contributed by atoms with van der Waals surface area (Å²) in [4.78, 5) is 20.3. The summed E-state index contributed by atoms with van der Waals surface area (Å²) in [7, 11) is -4.20. The van der Waals surface area contributed by atoms with Crippen molar-refractivity contribution >= 4 is 13.7 Å². The quantitative estimate of drug-likeness (QED) is 0.402. The molecule has 0 aromatic rings. The minimum absolute atomic E-state index is 0.0719. The molecule has 8 nitrogen and oxygen atoms in total. The summed E-state index contributed by atoms with van der Waals surface area (Å²) in [6, 6.07) is 0. The summed E-state index contributed by atoms with van der Waals surface area (Å²) in [6.45, 7) is 6.70. The molecular formula is C12H26NO7P. The first-order valence-corrected chi connectivity index (χ1v) is 8.26. The number of aliphatic hydroxyl groups is 1. The van der Waals surface area contributed by atoms with Crippen LogP contribution in [-0.4, -0.2) is 54.0 Å². The van der Waals surface area contributed by atoms with Crippen molar-refractivity contribution in [1.29, 1.82) is 0 Å². The zero-order chi connectivity index (χ0) is 16.5. The van der Waals surface area contributed by atoms with Gasteiger partial charge >= 0.3 is 7.82 Å². The van der Waals surface area contributed by atoms with Gasteiger partial charge in [-0.25, -0.2) is 4.57 Å². The first-order chi connectivity index (χ1) is 9.56. The summed E-state index contributed by atoms with van der Waals surface area (Å²) >= 11 is 0. The van der Waals surface area contributed by atoms with E-state index in [9.17, 15) is 19.4 Å². The lowest BCUT2D eigenvalue weighted by molar-refractivity contribution is -0.121. The van der Waals surface area contributed by atoms with Gasteiger partial charge in [-0.1, -0.05) is 6.92 Å². The Morgan fingerprint density at radius 2 is 1.95 bits per heavy atom. The maximum absolute atomic E-state index is 11.5. The maximum atomic E-state index is 11.5. The molecule has 0 aliphatic carbocycles. The molecule has 0 rings (SSSR count). The summed E-state index contributed by atoms with van der Waals surface area (Å²) < 4.78 is 26.1. The van der Waals surface area contributed by atoms with Gasteiger partial charge in [-0.3, -0.25) is 13.8 Å². The van der Waals surface area contributed by atoms with Crippen LogP contribution in [0.1, 0.15) is 34.1 Å². The molecule has 9 heteroatoms. The number of rotatable bonds is 10. The lowest BCUT2D eigenvalue weighted by Crippen LogP contribution is -2.28. The van der Waals surface area contributed by atoms with Gasteiger partial charge in [-0.05, 0) is 20.8 Å². The Morgan fingerprint density at radius 1 is 1.33 bits per heavy atom. The molecule has 0 radical (unpaired) electrons. The normalized spacial score (nSPS) is 16.3. The molecule has 0 saturated heterocycles. The molecular weight excluding hydrogens is 301 g/mol. The molecule has 0 heterocycles. The standard InChI is InChI=1S/C12H26NO7P/c1-5-11(15)13-6-7-18-8-10(14)9-19-21(16,17)20-12(2,3)4/h10,14H,5-9H2,1-4H3,(H,13,15)(H,16,17). The topological polar surface area (TPSA) is 114 Å². The molecule has 0 saturated carbocycles. The zero-order valence-electron chi connectivity index (χ0n) is 13.0. The van der Waals surface area contributed by atoms with Gasteiger partial charge in [0, 0.05) is 13.0 Å². The van der Waals surface area contributed by atoms with Crippen molar-refractivity contribution in [2.24, 2.45) is 0 Å². The lowest BCUT2D eigenvalue weighted by atomic mass is 10.2. The number of hydrogen-bond donors (Lipinski definition) is 3. The monoisotopic (exact) mass is 327 g/mol. The fraction of sp³-hybridized carbons (Fsp3) is 0.917. The molecule has 0 fully saturated rings. The van der Waals surface area contributed by atoms with Crippen LogP contribution in [0.4, 0.5) is 0 Å². The van der Waals surface area contributed by atoms with Gasteiger partial charge in [0.15, 0.2) is 0 Å². The maximum Gasteiger partial charge on any atom is 0.472 e. The van der Waals surface area contributed by atoms with E-state index in [0.717, 1.165) is 0 Å². The smallest absolute Gasteiger partial charge is 0.388 e. The molecule has 2 unspecified atom stereocenters. The minimum Gasteiger partial charge on any atom is -0.388 e. The molecule has 126 valence electrons. The van der Waals surface area contributed by atoms with Gasteiger partial charge in [0.2, 0.25) is 5.91 Å². The van der Waals surface area contributed by atoms with Gasteiger partial charge in [-0.15, -0.1) is 0 Å². The molecule has 0 aliphatic rings. The molecule has 0 aliphatic heterocycles. The Balaban J connectivity index is 3.78. The number of carbonyl (C=O) groups is 1. The summed E-state index contributed by atoms with van der Waals surface area (Å²) in [5.74, 6) is -0.0805.